The van der Waals surface area contributed by atoms with Crippen molar-refractivity contribution in [2.24, 2.45) is 0 Å². The fraction of sp³-hybridized carbons (Fsp3) is 0.757. The van der Waals surface area contributed by atoms with Gasteiger partial charge in [-0.25, -0.2) is 0 Å². The Bertz CT molecular complexity index is 649. The highest BCUT2D eigenvalue weighted by atomic mass is 16.6. The van der Waals surface area contributed by atoms with Crippen molar-refractivity contribution < 1.29 is 19.4 Å². The molecule has 0 heterocycles. The third kappa shape index (κ3) is 32.7. The molecule has 0 aromatic rings. The Balaban J connectivity index is 3.33. The van der Waals surface area contributed by atoms with Crippen LogP contribution in [-0.2, 0) is 14.3 Å². The van der Waals surface area contributed by atoms with Crippen LogP contribution in [0.3, 0.4) is 0 Å². The average molecular weight is 575 g/mol. The molecule has 0 rings (SSSR count). The summed E-state index contributed by atoms with van der Waals surface area (Å²) >= 11 is 0. The number of ether oxygens (including phenoxy) is 2. The summed E-state index contributed by atoms with van der Waals surface area (Å²) in [4.78, 5) is 11.7. The van der Waals surface area contributed by atoms with E-state index in [1.54, 1.807) is 0 Å². The van der Waals surface area contributed by atoms with Crippen molar-refractivity contribution in [3.05, 3.63) is 48.6 Å². The number of allylic oxidation sites excluding steroid dienone is 8. The molecule has 0 aliphatic carbocycles. The summed E-state index contributed by atoms with van der Waals surface area (Å²) in [5, 5.41) is 9.38. The summed E-state index contributed by atoms with van der Waals surface area (Å²) in [7, 11) is 0. The van der Waals surface area contributed by atoms with Crippen molar-refractivity contribution >= 4 is 5.97 Å². The van der Waals surface area contributed by atoms with E-state index in [0.717, 1.165) is 51.4 Å². The van der Waals surface area contributed by atoms with Crippen molar-refractivity contribution in [2.45, 2.75) is 161 Å². The van der Waals surface area contributed by atoms with Gasteiger partial charge in [0.2, 0.25) is 0 Å². The smallest absolute Gasteiger partial charge is 0.306 e. The van der Waals surface area contributed by atoms with Crippen molar-refractivity contribution in [1.82, 2.24) is 0 Å². The molecule has 0 radical (unpaired) electrons. The van der Waals surface area contributed by atoms with E-state index in [-0.39, 0.29) is 12.6 Å². The molecule has 1 unspecified atom stereocenters. The quantitative estimate of drug-likeness (QED) is 0.0508. The summed E-state index contributed by atoms with van der Waals surface area (Å²) in [5.41, 5.74) is 0. The molecule has 0 spiro atoms. The lowest BCUT2D eigenvalue weighted by Gasteiger charge is -2.15. The van der Waals surface area contributed by atoms with Gasteiger partial charge in [0.1, 0.15) is 6.10 Å². The Morgan fingerprint density at radius 1 is 0.610 bits per heavy atom. The SMILES string of the molecule is CC/C=C\C/C=C\C/C=C\C/C=C\CCCCCCCCCCCCCCCOCC(CO)OC(=O)CCCCC. The van der Waals surface area contributed by atoms with E-state index < -0.39 is 6.10 Å². The number of hydrogen-bond acceptors (Lipinski definition) is 4. The molecule has 0 aliphatic rings. The first-order valence-corrected chi connectivity index (χ1v) is 17.2. The zero-order chi connectivity index (χ0) is 29.9. The Kier molecular flexibility index (Phi) is 33.2. The van der Waals surface area contributed by atoms with Crippen LogP contribution in [0.5, 0.6) is 0 Å². The van der Waals surface area contributed by atoms with Crippen LogP contribution in [0.1, 0.15) is 155 Å². The topological polar surface area (TPSA) is 55.8 Å². The molecule has 4 heteroatoms. The molecule has 0 bridgehead atoms. The van der Waals surface area contributed by atoms with E-state index in [1.807, 2.05) is 0 Å². The minimum absolute atomic E-state index is 0.174. The summed E-state index contributed by atoms with van der Waals surface area (Å²) in [6.07, 6.45) is 43.6. The van der Waals surface area contributed by atoms with Gasteiger partial charge < -0.3 is 14.6 Å². The molecule has 238 valence electrons. The molecule has 0 fully saturated rings. The maximum atomic E-state index is 11.7. The van der Waals surface area contributed by atoms with Crippen molar-refractivity contribution in [3.8, 4) is 0 Å². The lowest BCUT2D eigenvalue weighted by atomic mass is 10.0. The second-order valence-electron chi connectivity index (χ2n) is 11.2. The molecule has 0 aromatic carbocycles. The number of aliphatic hydroxyl groups excluding tert-OH is 1. The minimum Gasteiger partial charge on any atom is -0.457 e. The minimum atomic E-state index is -0.528. The van der Waals surface area contributed by atoms with Gasteiger partial charge in [-0.1, -0.05) is 146 Å². The van der Waals surface area contributed by atoms with Crippen molar-refractivity contribution in [3.63, 3.8) is 0 Å². The number of carbonyl (C=O) groups is 1. The molecule has 1 N–H and O–H groups in total. The molecular weight excluding hydrogens is 508 g/mol. The molecule has 41 heavy (non-hydrogen) atoms. The molecule has 0 saturated heterocycles. The summed E-state index contributed by atoms with van der Waals surface area (Å²) in [6, 6.07) is 0. The van der Waals surface area contributed by atoms with E-state index >= 15 is 0 Å². The van der Waals surface area contributed by atoms with Gasteiger partial charge >= 0.3 is 5.97 Å². The first kappa shape index (κ1) is 39.4. The number of esters is 1. The predicted octanol–water partition coefficient (Wildman–Crippen LogP) is 10.8. The second kappa shape index (κ2) is 34.6. The van der Waals surface area contributed by atoms with E-state index in [0.29, 0.717) is 19.6 Å². The Morgan fingerprint density at radius 2 is 1.10 bits per heavy atom. The van der Waals surface area contributed by atoms with Crippen LogP contribution >= 0.6 is 0 Å². The summed E-state index contributed by atoms with van der Waals surface area (Å²) < 4.78 is 10.9. The van der Waals surface area contributed by atoms with E-state index in [4.69, 9.17) is 9.47 Å². The highest BCUT2D eigenvalue weighted by Crippen LogP contribution is 2.13. The fourth-order valence-corrected chi connectivity index (χ4v) is 4.61. The van der Waals surface area contributed by atoms with Crippen LogP contribution in [-0.4, -0.2) is 37.0 Å². The Hall–Kier alpha value is -1.65. The van der Waals surface area contributed by atoms with Gasteiger partial charge in [-0.3, -0.25) is 4.79 Å². The molecule has 1 atom stereocenters. The standard InChI is InChI=1S/C37H66O4/c1-3-5-7-8-9-10-11-12-13-14-15-16-17-18-19-20-21-22-23-24-25-26-27-28-29-31-33-40-35-36(34-38)41-37(39)32-30-6-4-2/h5,7,9-10,12-13,15-16,36,38H,3-4,6,8,11,14,17-35H2,1-2H3/b7-5-,10-9-,13-12-,16-15-. The number of hydrogen-bond donors (Lipinski definition) is 1. The largest absolute Gasteiger partial charge is 0.457 e. The van der Waals surface area contributed by atoms with Gasteiger partial charge in [-0.15, -0.1) is 0 Å². The van der Waals surface area contributed by atoms with Crippen LogP contribution in [0.15, 0.2) is 48.6 Å². The lowest BCUT2D eigenvalue weighted by molar-refractivity contribution is -0.154. The normalized spacial score (nSPS) is 13.0. The van der Waals surface area contributed by atoms with E-state index in [1.165, 1.54) is 83.5 Å². The molecular formula is C37H66O4. The van der Waals surface area contributed by atoms with Gasteiger partial charge in [-0.05, 0) is 51.4 Å². The molecule has 0 aliphatic heterocycles. The van der Waals surface area contributed by atoms with Gasteiger partial charge in [-0.2, -0.15) is 0 Å². The highest BCUT2D eigenvalue weighted by molar-refractivity contribution is 5.69. The molecule has 4 nitrogen and oxygen atoms in total. The number of aliphatic hydroxyl groups is 1. The van der Waals surface area contributed by atoms with Crippen LogP contribution in [0.2, 0.25) is 0 Å². The van der Waals surface area contributed by atoms with E-state index in [9.17, 15) is 9.90 Å². The highest BCUT2D eigenvalue weighted by Gasteiger charge is 2.13. The van der Waals surface area contributed by atoms with Crippen LogP contribution < -0.4 is 0 Å². The molecule has 0 aromatic heterocycles. The van der Waals surface area contributed by atoms with E-state index in [2.05, 4.69) is 62.5 Å². The van der Waals surface area contributed by atoms with Gasteiger partial charge in [0.05, 0.1) is 13.2 Å². The average Bonchev–Trinajstić information content (AvgIpc) is 2.98. The van der Waals surface area contributed by atoms with Crippen LogP contribution in [0, 0.1) is 0 Å². The Labute approximate surface area is 254 Å². The number of unbranched alkanes of at least 4 members (excludes halogenated alkanes) is 15. The van der Waals surface area contributed by atoms with Crippen molar-refractivity contribution in [1.29, 1.82) is 0 Å². The monoisotopic (exact) mass is 574 g/mol. The zero-order valence-electron chi connectivity index (χ0n) is 27.0. The fourth-order valence-electron chi connectivity index (χ4n) is 4.61. The van der Waals surface area contributed by atoms with Gasteiger partial charge in [0, 0.05) is 13.0 Å². The summed E-state index contributed by atoms with van der Waals surface area (Å²) in [6.45, 7) is 5.07. The van der Waals surface area contributed by atoms with Crippen molar-refractivity contribution in [2.75, 3.05) is 19.8 Å². The maximum Gasteiger partial charge on any atom is 0.306 e. The first-order chi connectivity index (χ1) is 20.2. The zero-order valence-corrected chi connectivity index (χ0v) is 27.0. The molecule has 0 amide bonds. The number of carbonyl (C=O) groups excluding carboxylic acids is 1. The van der Waals surface area contributed by atoms with Crippen LogP contribution in [0.4, 0.5) is 0 Å². The first-order valence-electron chi connectivity index (χ1n) is 17.2. The second-order valence-corrected chi connectivity index (χ2v) is 11.2. The maximum absolute atomic E-state index is 11.7. The van der Waals surface area contributed by atoms with Gasteiger partial charge in [0.25, 0.3) is 0 Å². The predicted molar refractivity (Wildman–Crippen MR) is 177 cm³/mol. The third-order valence-corrected chi connectivity index (χ3v) is 7.17. The molecule has 0 saturated carbocycles. The number of rotatable bonds is 31. The Morgan fingerprint density at radius 3 is 1.61 bits per heavy atom. The van der Waals surface area contributed by atoms with Crippen LogP contribution in [0.25, 0.3) is 0 Å². The van der Waals surface area contributed by atoms with Gasteiger partial charge in [0.15, 0.2) is 0 Å². The third-order valence-electron chi connectivity index (χ3n) is 7.17. The lowest BCUT2D eigenvalue weighted by Crippen LogP contribution is -2.27. The summed E-state index contributed by atoms with van der Waals surface area (Å²) in [5.74, 6) is -0.227.